The number of alkyl halides is 1. The smallest absolute Gasteiger partial charge is 0.294 e. The summed E-state index contributed by atoms with van der Waals surface area (Å²) in [7, 11) is -19.4. The SMILES string of the molecule is CC(=O)c1ccc(S(F)(F)(F)(F)F)cc1Br.O=C(CBr)c1ccc(S(F)(F)(F)(F)F)cc1Br. The Morgan fingerprint density at radius 3 is 1.27 bits per heavy atom. The first-order valence-electron chi connectivity index (χ1n) is 7.83. The summed E-state index contributed by atoms with van der Waals surface area (Å²) in [5, 5.41) is -0.110. The minimum atomic E-state index is -9.69. The van der Waals surface area contributed by atoms with Crippen LogP contribution < -0.4 is 0 Å². The molecule has 0 amide bonds. The molecule has 2 aromatic rings. The van der Waals surface area contributed by atoms with Crippen molar-refractivity contribution in [2.45, 2.75) is 16.7 Å². The highest BCUT2D eigenvalue weighted by Crippen LogP contribution is 3.02. The summed E-state index contributed by atoms with van der Waals surface area (Å²) < 4.78 is 123. The summed E-state index contributed by atoms with van der Waals surface area (Å²) in [5.41, 5.74) is -0.168. The number of halogens is 13. The second kappa shape index (κ2) is 7.86. The number of carbonyl (C=O) groups is 2. The van der Waals surface area contributed by atoms with Crippen LogP contribution >= 0.6 is 68.2 Å². The Morgan fingerprint density at radius 1 is 0.697 bits per heavy atom. The van der Waals surface area contributed by atoms with Crippen LogP contribution in [0.2, 0.25) is 0 Å². The molecule has 0 unspecified atom stereocenters. The van der Waals surface area contributed by atoms with Crippen molar-refractivity contribution >= 4 is 79.8 Å². The third kappa shape index (κ3) is 8.74. The Kier molecular flexibility index (Phi) is 7.21. The topological polar surface area (TPSA) is 34.1 Å². The maximum Gasteiger partial charge on any atom is 0.310 e. The molecule has 0 saturated carbocycles. The molecule has 0 atom stereocenters. The van der Waals surface area contributed by atoms with Crippen molar-refractivity contribution in [2.24, 2.45) is 0 Å². The zero-order chi connectivity index (χ0) is 26.4. The van der Waals surface area contributed by atoms with E-state index in [9.17, 15) is 48.4 Å². The van der Waals surface area contributed by atoms with Crippen molar-refractivity contribution in [3.63, 3.8) is 0 Å². The molecule has 0 aliphatic heterocycles. The van der Waals surface area contributed by atoms with Gasteiger partial charge in [-0.15, -0.1) is 0 Å². The largest absolute Gasteiger partial charge is 0.310 e. The van der Waals surface area contributed by atoms with Gasteiger partial charge in [0.1, 0.15) is 9.79 Å². The van der Waals surface area contributed by atoms with E-state index in [4.69, 9.17) is 0 Å². The van der Waals surface area contributed by atoms with Crippen molar-refractivity contribution < 1.29 is 48.4 Å². The standard InChI is InChI=1S/C8H5Br2F5OS.C8H6BrF5OS/c9-4-8(16)6-2-1-5(3-7(6)10)17(11,12,13,14)15;1-5(15)7-3-2-6(4-8(7)9)16(10,11,12,13)14/h1-3H,4H2;2-4H,1H3. The molecule has 0 N–H and O–H groups in total. The molecule has 33 heavy (non-hydrogen) atoms. The van der Waals surface area contributed by atoms with Crippen molar-refractivity contribution in [2.75, 3.05) is 5.33 Å². The average molecular weight is 729 g/mol. The van der Waals surface area contributed by atoms with Crippen LogP contribution in [0, 0.1) is 0 Å². The number of hydrogen-bond acceptors (Lipinski definition) is 2. The fraction of sp³-hybridized carbons (Fsp3) is 0.125. The van der Waals surface area contributed by atoms with Crippen LogP contribution in [-0.2, 0) is 0 Å². The Morgan fingerprint density at radius 2 is 1.03 bits per heavy atom. The first-order valence-corrected chi connectivity index (χ1v) is 14.4. The number of carbonyl (C=O) groups excluding carboxylic acids is 2. The molecule has 0 saturated heterocycles. The Bertz CT molecular complexity index is 1140. The number of benzene rings is 2. The van der Waals surface area contributed by atoms with Crippen molar-refractivity contribution in [1.82, 2.24) is 0 Å². The predicted octanol–water partition coefficient (Wildman–Crippen LogP) is 11.0. The van der Waals surface area contributed by atoms with Crippen LogP contribution in [0.15, 0.2) is 55.1 Å². The van der Waals surface area contributed by atoms with E-state index in [1.807, 2.05) is 0 Å². The number of ketones is 2. The molecule has 0 aliphatic carbocycles. The molecule has 0 aromatic heterocycles. The lowest BCUT2D eigenvalue weighted by Gasteiger charge is -2.40. The molecule has 2 aromatic carbocycles. The van der Waals surface area contributed by atoms with E-state index in [1.165, 1.54) is 0 Å². The van der Waals surface area contributed by atoms with Crippen LogP contribution in [0.1, 0.15) is 27.6 Å². The molecule has 2 nitrogen and oxygen atoms in total. The lowest BCUT2D eigenvalue weighted by atomic mass is 10.1. The highest BCUT2D eigenvalue weighted by molar-refractivity contribution is 9.11. The lowest BCUT2D eigenvalue weighted by molar-refractivity contribution is 0.101. The molecular weight excluding hydrogens is 718 g/mol. The molecule has 190 valence electrons. The molecule has 0 aliphatic rings. The van der Waals surface area contributed by atoms with Gasteiger partial charge in [0.2, 0.25) is 0 Å². The van der Waals surface area contributed by atoms with Gasteiger partial charge in [-0.2, -0.15) is 0 Å². The maximum atomic E-state index is 12.4. The molecule has 17 heteroatoms. The van der Waals surface area contributed by atoms with Crippen LogP contribution in [0.4, 0.5) is 38.9 Å². The van der Waals surface area contributed by atoms with Gasteiger partial charge in [0.05, 0.1) is 5.33 Å². The zero-order valence-corrected chi connectivity index (χ0v) is 22.1. The van der Waals surface area contributed by atoms with Crippen molar-refractivity contribution in [3.8, 4) is 0 Å². The van der Waals surface area contributed by atoms with E-state index in [2.05, 4.69) is 47.8 Å². The van der Waals surface area contributed by atoms with E-state index in [1.54, 1.807) is 0 Å². The highest BCUT2D eigenvalue weighted by atomic mass is 79.9. The quantitative estimate of drug-likeness (QED) is 0.175. The summed E-state index contributed by atoms with van der Waals surface area (Å²) in [4.78, 5) is 18.1. The Hall–Kier alpha value is -0.780. The molecule has 0 fully saturated rings. The fourth-order valence-corrected chi connectivity index (χ4v) is 5.25. The third-order valence-corrected chi connectivity index (χ3v) is 7.68. The van der Waals surface area contributed by atoms with E-state index in [-0.39, 0.29) is 49.7 Å². The first kappa shape index (κ1) is 30.3. The van der Waals surface area contributed by atoms with Gasteiger partial charge in [0.15, 0.2) is 11.6 Å². The third-order valence-electron chi connectivity index (χ3n) is 3.57. The number of Topliss-reactive ketones (excluding diaryl/α,β-unsaturated/α-hetero) is 2. The second-order valence-corrected chi connectivity index (χ2v) is 13.4. The van der Waals surface area contributed by atoms with Gasteiger partial charge in [-0.3, -0.25) is 9.59 Å². The van der Waals surface area contributed by atoms with Gasteiger partial charge >= 0.3 is 20.4 Å². The van der Waals surface area contributed by atoms with Crippen molar-refractivity contribution in [3.05, 3.63) is 56.5 Å². The zero-order valence-electron chi connectivity index (χ0n) is 15.7. The molecule has 0 bridgehead atoms. The molecular formula is C16H11Br3F10O2S2. The van der Waals surface area contributed by atoms with E-state index >= 15 is 0 Å². The number of hydrogen-bond donors (Lipinski definition) is 0. The second-order valence-electron chi connectivity index (χ2n) is 6.33. The van der Waals surface area contributed by atoms with Crippen molar-refractivity contribution in [1.29, 1.82) is 0 Å². The van der Waals surface area contributed by atoms with Crippen LogP contribution in [0.3, 0.4) is 0 Å². The van der Waals surface area contributed by atoms with Gasteiger partial charge in [0, 0.05) is 20.1 Å². The first-order chi connectivity index (χ1) is 14.2. The molecule has 0 radical (unpaired) electrons. The van der Waals surface area contributed by atoms with Crippen LogP contribution in [0.5, 0.6) is 0 Å². The number of rotatable bonds is 5. The lowest BCUT2D eigenvalue weighted by Crippen LogP contribution is -2.08. The van der Waals surface area contributed by atoms with Gasteiger partial charge in [-0.05, 0) is 43.3 Å². The van der Waals surface area contributed by atoms with Gasteiger partial charge in [0.25, 0.3) is 0 Å². The van der Waals surface area contributed by atoms with E-state index in [0.717, 1.165) is 19.1 Å². The minimum Gasteiger partial charge on any atom is -0.294 e. The van der Waals surface area contributed by atoms with Crippen LogP contribution in [-0.4, -0.2) is 16.9 Å². The predicted molar refractivity (Wildman–Crippen MR) is 119 cm³/mol. The monoisotopic (exact) mass is 726 g/mol. The average Bonchev–Trinajstić information content (AvgIpc) is 2.57. The minimum absolute atomic E-state index is 0.0781. The van der Waals surface area contributed by atoms with Gasteiger partial charge in [-0.1, -0.05) is 86.6 Å². The molecule has 0 spiro atoms. The highest BCUT2D eigenvalue weighted by Gasteiger charge is 2.66. The molecule has 2 rings (SSSR count). The summed E-state index contributed by atoms with van der Waals surface area (Å²) in [6, 6.07) is 2.31. The maximum absolute atomic E-state index is 12.4. The van der Waals surface area contributed by atoms with Gasteiger partial charge < -0.3 is 0 Å². The van der Waals surface area contributed by atoms with E-state index < -0.39 is 41.8 Å². The fourth-order valence-electron chi connectivity index (χ4n) is 2.06. The molecule has 0 heterocycles. The summed E-state index contributed by atoms with van der Waals surface area (Å²) in [6.45, 7) is 1.12. The Balaban J connectivity index is 0.000000331. The van der Waals surface area contributed by atoms with E-state index in [0.29, 0.717) is 0 Å². The normalized spacial score (nSPS) is 16.3. The summed E-state index contributed by atoms with van der Waals surface area (Å²) in [6.07, 6.45) is 0. The van der Waals surface area contributed by atoms with Gasteiger partial charge in [-0.25, -0.2) is 0 Å². The van der Waals surface area contributed by atoms with Crippen LogP contribution in [0.25, 0.3) is 0 Å². The summed E-state index contributed by atoms with van der Waals surface area (Å²) in [5.74, 6) is -1.02. The Labute approximate surface area is 205 Å². The summed E-state index contributed by atoms with van der Waals surface area (Å²) >= 11 is 8.16.